The van der Waals surface area contributed by atoms with Gasteiger partial charge >= 0.3 is 0 Å². The minimum absolute atomic E-state index is 0.129. The van der Waals surface area contributed by atoms with Gasteiger partial charge in [-0.15, -0.1) is 0 Å². The van der Waals surface area contributed by atoms with Gasteiger partial charge in [-0.25, -0.2) is 0 Å². The molecule has 0 bridgehead atoms. The van der Waals surface area contributed by atoms with E-state index in [-0.39, 0.29) is 5.91 Å². The van der Waals surface area contributed by atoms with E-state index in [9.17, 15) is 4.79 Å². The van der Waals surface area contributed by atoms with E-state index in [2.05, 4.69) is 11.8 Å². The molecule has 4 nitrogen and oxygen atoms in total. The Labute approximate surface area is 127 Å². The Morgan fingerprint density at radius 2 is 1.81 bits per heavy atom. The van der Waals surface area contributed by atoms with E-state index < -0.39 is 0 Å². The summed E-state index contributed by atoms with van der Waals surface area (Å²) in [5.41, 5.74) is 7.73. The van der Waals surface area contributed by atoms with Gasteiger partial charge in [-0.05, 0) is 52.9 Å². The first-order valence-electron chi connectivity index (χ1n) is 8.08. The molecule has 0 saturated heterocycles. The molecule has 0 atom stereocenters. The summed E-state index contributed by atoms with van der Waals surface area (Å²) in [5.74, 6) is 1.71. The number of hydrogen-bond donors (Lipinski definition) is 1. The van der Waals surface area contributed by atoms with E-state index >= 15 is 0 Å². The Morgan fingerprint density at radius 3 is 2.29 bits per heavy atom. The maximum absolute atomic E-state index is 13.0. The number of carbonyl (C=O) groups is 1. The lowest BCUT2D eigenvalue weighted by molar-refractivity contribution is 0.0624. The Morgan fingerprint density at radius 1 is 1.19 bits per heavy atom. The lowest BCUT2D eigenvalue weighted by atomic mass is 9.90. The number of nitrogens with two attached hydrogens (primary N) is 1. The number of amides is 1. The molecule has 4 heteroatoms. The minimum atomic E-state index is 0.129. The maximum atomic E-state index is 13.0. The topological polar surface area (TPSA) is 59.5 Å². The third-order valence-corrected chi connectivity index (χ3v) is 4.68. The molecule has 0 aliphatic heterocycles. The van der Waals surface area contributed by atoms with Crippen molar-refractivity contribution in [2.24, 2.45) is 5.73 Å². The number of rotatable bonds is 4. The first-order chi connectivity index (χ1) is 9.95. The van der Waals surface area contributed by atoms with Crippen LogP contribution in [0.1, 0.15) is 66.5 Å². The van der Waals surface area contributed by atoms with Gasteiger partial charge in [-0.3, -0.25) is 4.79 Å². The third kappa shape index (κ3) is 3.31. The predicted octanol–water partition coefficient (Wildman–Crippen LogP) is 3.33. The van der Waals surface area contributed by atoms with Crippen LogP contribution in [0.3, 0.4) is 0 Å². The Bertz CT molecular complexity index is 499. The second-order valence-electron chi connectivity index (χ2n) is 6.28. The Balaban J connectivity index is 2.23. The SMILES string of the molecule is CCCN(C(=O)c1c(C)oc(C)c1C)C1CCC(N)CC1. The van der Waals surface area contributed by atoms with E-state index in [1.165, 1.54) is 0 Å². The number of hydrogen-bond acceptors (Lipinski definition) is 3. The zero-order chi connectivity index (χ0) is 15.6. The fourth-order valence-electron chi connectivity index (χ4n) is 3.36. The van der Waals surface area contributed by atoms with Crippen LogP contribution in [-0.2, 0) is 0 Å². The van der Waals surface area contributed by atoms with Crippen LogP contribution in [0.15, 0.2) is 4.42 Å². The molecule has 1 aliphatic rings. The summed E-state index contributed by atoms with van der Waals surface area (Å²) in [4.78, 5) is 15.1. The van der Waals surface area contributed by atoms with E-state index in [0.29, 0.717) is 12.1 Å². The molecule has 1 heterocycles. The van der Waals surface area contributed by atoms with Crippen LogP contribution in [-0.4, -0.2) is 29.4 Å². The molecule has 1 saturated carbocycles. The normalized spacial score (nSPS) is 22.3. The first-order valence-corrected chi connectivity index (χ1v) is 8.08. The van der Waals surface area contributed by atoms with E-state index in [1.807, 2.05) is 20.8 Å². The summed E-state index contributed by atoms with van der Waals surface area (Å²) in [6.07, 6.45) is 5.04. The van der Waals surface area contributed by atoms with Crippen LogP contribution in [0.5, 0.6) is 0 Å². The standard InChI is InChI=1S/C17H28N2O2/c1-5-10-19(15-8-6-14(18)7-9-15)17(20)16-11(2)12(3)21-13(16)4/h14-15H,5-10,18H2,1-4H3. The van der Waals surface area contributed by atoms with Crippen LogP contribution >= 0.6 is 0 Å². The highest BCUT2D eigenvalue weighted by molar-refractivity contribution is 5.97. The van der Waals surface area contributed by atoms with Crippen molar-refractivity contribution in [3.8, 4) is 0 Å². The van der Waals surface area contributed by atoms with Gasteiger partial charge in [0.15, 0.2) is 0 Å². The van der Waals surface area contributed by atoms with Gasteiger partial charge in [0.2, 0.25) is 0 Å². The summed E-state index contributed by atoms with van der Waals surface area (Å²) in [5, 5.41) is 0. The highest BCUT2D eigenvalue weighted by Crippen LogP contribution is 2.27. The van der Waals surface area contributed by atoms with Gasteiger partial charge in [-0.2, -0.15) is 0 Å². The molecule has 1 aromatic rings. The summed E-state index contributed by atoms with van der Waals surface area (Å²) in [6.45, 7) is 8.70. The minimum Gasteiger partial charge on any atom is -0.466 e. The molecule has 1 amide bonds. The number of carbonyl (C=O) groups excluding carboxylic acids is 1. The van der Waals surface area contributed by atoms with Crippen molar-refractivity contribution in [2.45, 2.75) is 71.9 Å². The second-order valence-corrected chi connectivity index (χ2v) is 6.28. The van der Waals surface area contributed by atoms with Crippen molar-refractivity contribution >= 4 is 5.91 Å². The Hall–Kier alpha value is -1.29. The molecule has 0 radical (unpaired) electrons. The first kappa shape index (κ1) is 16.1. The van der Waals surface area contributed by atoms with Crippen LogP contribution in [0.2, 0.25) is 0 Å². The van der Waals surface area contributed by atoms with Gasteiger partial charge in [0.1, 0.15) is 11.5 Å². The molecule has 0 aromatic carbocycles. The van der Waals surface area contributed by atoms with Gasteiger partial charge in [0.25, 0.3) is 5.91 Å². The van der Waals surface area contributed by atoms with Crippen LogP contribution < -0.4 is 5.73 Å². The van der Waals surface area contributed by atoms with Crippen molar-refractivity contribution in [3.05, 3.63) is 22.6 Å². The zero-order valence-electron chi connectivity index (χ0n) is 13.7. The fourth-order valence-corrected chi connectivity index (χ4v) is 3.36. The highest BCUT2D eigenvalue weighted by atomic mass is 16.3. The molecule has 2 N–H and O–H groups in total. The fraction of sp³-hybridized carbons (Fsp3) is 0.706. The maximum Gasteiger partial charge on any atom is 0.257 e. The predicted molar refractivity (Wildman–Crippen MR) is 84.5 cm³/mol. The quantitative estimate of drug-likeness (QED) is 0.926. The number of furan rings is 1. The monoisotopic (exact) mass is 292 g/mol. The smallest absolute Gasteiger partial charge is 0.257 e. The molecular formula is C17H28N2O2. The molecule has 1 aromatic heterocycles. The lowest BCUT2D eigenvalue weighted by Gasteiger charge is -2.36. The van der Waals surface area contributed by atoms with Crippen LogP contribution in [0, 0.1) is 20.8 Å². The molecule has 21 heavy (non-hydrogen) atoms. The number of nitrogens with zero attached hydrogens (tertiary/aromatic N) is 1. The van der Waals surface area contributed by atoms with Crippen LogP contribution in [0.25, 0.3) is 0 Å². The van der Waals surface area contributed by atoms with Crippen molar-refractivity contribution in [1.82, 2.24) is 4.90 Å². The highest BCUT2D eigenvalue weighted by Gasteiger charge is 2.30. The van der Waals surface area contributed by atoms with E-state index in [1.54, 1.807) is 0 Å². The van der Waals surface area contributed by atoms with E-state index in [0.717, 1.165) is 61.3 Å². The largest absolute Gasteiger partial charge is 0.466 e. The molecule has 1 aliphatic carbocycles. The van der Waals surface area contributed by atoms with Crippen molar-refractivity contribution in [1.29, 1.82) is 0 Å². The van der Waals surface area contributed by atoms with Crippen molar-refractivity contribution in [2.75, 3.05) is 6.54 Å². The van der Waals surface area contributed by atoms with Gasteiger partial charge in [0, 0.05) is 24.2 Å². The van der Waals surface area contributed by atoms with E-state index in [4.69, 9.17) is 10.2 Å². The summed E-state index contributed by atoms with van der Waals surface area (Å²) in [7, 11) is 0. The van der Waals surface area contributed by atoms with Gasteiger partial charge < -0.3 is 15.1 Å². The molecule has 118 valence electrons. The molecular weight excluding hydrogens is 264 g/mol. The Kier molecular flexibility index (Phi) is 5.09. The molecule has 0 spiro atoms. The third-order valence-electron chi connectivity index (χ3n) is 4.68. The summed E-state index contributed by atoms with van der Waals surface area (Å²) >= 11 is 0. The average Bonchev–Trinajstić information content (AvgIpc) is 2.70. The van der Waals surface area contributed by atoms with Crippen molar-refractivity contribution < 1.29 is 9.21 Å². The van der Waals surface area contributed by atoms with Crippen molar-refractivity contribution in [3.63, 3.8) is 0 Å². The number of aryl methyl sites for hydroxylation is 2. The molecule has 2 rings (SSSR count). The lowest BCUT2D eigenvalue weighted by Crippen LogP contribution is -2.44. The van der Waals surface area contributed by atoms with Crippen LogP contribution in [0.4, 0.5) is 0 Å². The zero-order valence-corrected chi connectivity index (χ0v) is 13.7. The van der Waals surface area contributed by atoms with Gasteiger partial charge in [0.05, 0.1) is 5.56 Å². The molecule has 1 fully saturated rings. The molecule has 0 unspecified atom stereocenters. The second kappa shape index (κ2) is 6.65. The summed E-state index contributed by atoms with van der Waals surface area (Å²) in [6, 6.07) is 0.630. The average molecular weight is 292 g/mol. The summed E-state index contributed by atoms with van der Waals surface area (Å²) < 4.78 is 5.63. The van der Waals surface area contributed by atoms with Gasteiger partial charge in [-0.1, -0.05) is 6.92 Å².